The standard InChI is InChI=1S/C19H29N5O2/c1-3-12-8-14(9-12)23(2)10-13-4-6-19(26,16(13)25)24-7-5-15-17(20)21-11-22-18(15)24/h5,7,11-14,16,25-26H,3-4,6,8-10H2,1-2H3,(H2,20,21,22). The Morgan fingerprint density at radius 3 is 2.88 bits per heavy atom. The molecule has 0 saturated heterocycles. The van der Waals surface area contributed by atoms with Crippen LogP contribution >= 0.6 is 0 Å². The number of nitrogen functional groups attached to an aromatic ring is 1. The number of nitrogens with zero attached hydrogens (tertiary/aromatic N) is 4. The second kappa shape index (κ2) is 6.48. The van der Waals surface area contributed by atoms with Crippen LogP contribution in [0.2, 0.25) is 0 Å². The largest absolute Gasteiger partial charge is 0.388 e. The van der Waals surface area contributed by atoms with E-state index in [1.165, 1.54) is 25.6 Å². The van der Waals surface area contributed by atoms with Gasteiger partial charge in [-0.3, -0.25) is 0 Å². The first-order valence-corrected chi connectivity index (χ1v) is 9.62. The van der Waals surface area contributed by atoms with Gasteiger partial charge in [0.25, 0.3) is 0 Å². The van der Waals surface area contributed by atoms with Crippen LogP contribution in [0.4, 0.5) is 5.82 Å². The second-order valence-electron chi connectivity index (χ2n) is 8.14. The van der Waals surface area contributed by atoms with Crippen molar-refractivity contribution in [3.05, 3.63) is 18.6 Å². The lowest BCUT2D eigenvalue weighted by molar-refractivity contribution is -0.126. The molecule has 4 rings (SSSR count). The van der Waals surface area contributed by atoms with E-state index in [0.717, 1.165) is 18.9 Å². The fourth-order valence-electron chi connectivity index (χ4n) is 4.73. The number of nitrogens with two attached hydrogens (primary N) is 1. The highest BCUT2D eigenvalue weighted by Crippen LogP contribution is 2.42. The highest BCUT2D eigenvalue weighted by atomic mass is 16.4. The van der Waals surface area contributed by atoms with Gasteiger partial charge >= 0.3 is 0 Å². The van der Waals surface area contributed by atoms with Crippen molar-refractivity contribution in [3.8, 4) is 0 Å². The smallest absolute Gasteiger partial charge is 0.169 e. The van der Waals surface area contributed by atoms with E-state index in [-0.39, 0.29) is 5.92 Å². The number of aliphatic hydroxyl groups is 2. The van der Waals surface area contributed by atoms with Crippen LogP contribution in [-0.4, -0.2) is 55.4 Å². The Morgan fingerprint density at radius 1 is 1.38 bits per heavy atom. The number of rotatable bonds is 5. The van der Waals surface area contributed by atoms with E-state index in [2.05, 4.69) is 28.8 Å². The molecular weight excluding hydrogens is 330 g/mol. The summed E-state index contributed by atoms with van der Waals surface area (Å²) in [6, 6.07) is 2.41. The van der Waals surface area contributed by atoms with E-state index in [9.17, 15) is 10.2 Å². The Hall–Kier alpha value is -1.70. The normalized spacial score (nSPS) is 34.5. The molecule has 4 N–H and O–H groups in total. The molecule has 2 saturated carbocycles. The van der Waals surface area contributed by atoms with Gasteiger partial charge in [-0.1, -0.05) is 13.3 Å². The van der Waals surface area contributed by atoms with E-state index in [0.29, 0.717) is 29.3 Å². The van der Waals surface area contributed by atoms with Crippen LogP contribution in [-0.2, 0) is 5.72 Å². The molecule has 2 aromatic heterocycles. The molecule has 0 bridgehead atoms. The fourth-order valence-corrected chi connectivity index (χ4v) is 4.73. The molecule has 142 valence electrons. The first kappa shape index (κ1) is 17.7. The number of hydrogen-bond donors (Lipinski definition) is 3. The van der Waals surface area contributed by atoms with Crippen molar-refractivity contribution < 1.29 is 10.2 Å². The molecule has 2 fully saturated rings. The molecule has 0 spiro atoms. The molecular formula is C19H29N5O2. The van der Waals surface area contributed by atoms with Crippen molar-refractivity contribution in [1.82, 2.24) is 19.4 Å². The predicted molar refractivity (Wildman–Crippen MR) is 100 cm³/mol. The van der Waals surface area contributed by atoms with E-state index in [1.54, 1.807) is 16.8 Å². The van der Waals surface area contributed by atoms with Crippen LogP contribution in [0, 0.1) is 11.8 Å². The van der Waals surface area contributed by atoms with Crippen molar-refractivity contribution in [1.29, 1.82) is 0 Å². The van der Waals surface area contributed by atoms with Gasteiger partial charge in [-0.25, -0.2) is 9.97 Å². The van der Waals surface area contributed by atoms with Crippen LogP contribution in [0.5, 0.6) is 0 Å². The number of aliphatic hydroxyl groups excluding tert-OH is 1. The van der Waals surface area contributed by atoms with Gasteiger partial charge in [-0.2, -0.15) is 0 Å². The summed E-state index contributed by atoms with van der Waals surface area (Å²) in [7, 11) is 2.14. The van der Waals surface area contributed by atoms with Crippen molar-refractivity contribution in [3.63, 3.8) is 0 Å². The summed E-state index contributed by atoms with van der Waals surface area (Å²) < 4.78 is 1.67. The van der Waals surface area contributed by atoms with Crippen molar-refractivity contribution >= 4 is 16.9 Å². The molecule has 2 aliphatic rings. The van der Waals surface area contributed by atoms with Crippen molar-refractivity contribution in [2.45, 2.75) is 56.9 Å². The van der Waals surface area contributed by atoms with Gasteiger partial charge in [-0.05, 0) is 44.7 Å². The number of aromatic nitrogens is 3. The Balaban J connectivity index is 1.50. The molecule has 0 aromatic carbocycles. The van der Waals surface area contributed by atoms with Crippen LogP contribution in [0.25, 0.3) is 11.0 Å². The van der Waals surface area contributed by atoms with Crippen molar-refractivity contribution in [2.24, 2.45) is 11.8 Å². The summed E-state index contributed by atoms with van der Waals surface area (Å²) in [4.78, 5) is 10.6. The Bertz CT molecular complexity index is 787. The van der Waals surface area contributed by atoms with Gasteiger partial charge in [0.2, 0.25) is 0 Å². The van der Waals surface area contributed by atoms with Crippen LogP contribution in [0.15, 0.2) is 18.6 Å². The minimum atomic E-state index is -1.35. The lowest BCUT2D eigenvalue weighted by Crippen LogP contribution is -2.48. The summed E-state index contributed by atoms with van der Waals surface area (Å²) in [5.41, 5.74) is 5.12. The van der Waals surface area contributed by atoms with Crippen LogP contribution in [0.1, 0.15) is 39.0 Å². The maximum absolute atomic E-state index is 11.3. The average molecular weight is 359 g/mol. The van der Waals surface area contributed by atoms with E-state index < -0.39 is 11.8 Å². The first-order valence-electron chi connectivity index (χ1n) is 9.62. The third kappa shape index (κ3) is 2.69. The first-order chi connectivity index (χ1) is 12.4. The molecule has 3 unspecified atom stereocenters. The summed E-state index contributed by atoms with van der Waals surface area (Å²) in [5.74, 6) is 1.28. The summed E-state index contributed by atoms with van der Waals surface area (Å²) in [6.07, 6.45) is 7.35. The van der Waals surface area contributed by atoms with Gasteiger partial charge in [0.15, 0.2) is 5.72 Å². The molecule has 2 heterocycles. The molecule has 2 aliphatic carbocycles. The molecule has 2 aromatic rings. The lowest BCUT2D eigenvalue weighted by atomic mass is 9.77. The van der Waals surface area contributed by atoms with Gasteiger partial charge in [0.1, 0.15) is 23.9 Å². The van der Waals surface area contributed by atoms with Crippen molar-refractivity contribution in [2.75, 3.05) is 19.3 Å². The average Bonchev–Trinajstić information content (AvgIpc) is 3.13. The zero-order valence-electron chi connectivity index (χ0n) is 15.5. The molecule has 7 nitrogen and oxygen atoms in total. The minimum Gasteiger partial charge on any atom is -0.388 e. The second-order valence-corrected chi connectivity index (χ2v) is 8.14. The monoisotopic (exact) mass is 359 g/mol. The molecule has 3 atom stereocenters. The summed E-state index contributed by atoms with van der Waals surface area (Å²) in [5, 5.41) is 22.9. The predicted octanol–water partition coefficient (Wildman–Crippen LogP) is 1.55. The molecule has 0 radical (unpaired) electrons. The zero-order valence-corrected chi connectivity index (χ0v) is 15.5. The maximum atomic E-state index is 11.3. The lowest BCUT2D eigenvalue weighted by Gasteiger charge is -2.42. The van der Waals surface area contributed by atoms with Gasteiger partial charge < -0.3 is 25.4 Å². The van der Waals surface area contributed by atoms with E-state index in [4.69, 9.17) is 5.73 Å². The fraction of sp³-hybridized carbons (Fsp3) is 0.684. The Labute approximate surface area is 153 Å². The van der Waals surface area contributed by atoms with Crippen LogP contribution < -0.4 is 5.73 Å². The number of hydrogen-bond acceptors (Lipinski definition) is 6. The number of fused-ring (bicyclic) bond motifs is 1. The summed E-state index contributed by atoms with van der Waals surface area (Å²) >= 11 is 0. The molecule has 0 amide bonds. The highest BCUT2D eigenvalue weighted by Gasteiger charge is 2.49. The zero-order chi connectivity index (χ0) is 18.5. The molecule has 0 aliphatic heterocycles. The van der Waals surface area contributed by atoms with Gasteiger partial charge in [0, 0.05) is 24.7 Å². The topological polar surface area (TPSA) is 100 Å². The summed E-state index contributed by atoms with van der Waals surface area (Å²) in [6.45, 7) is 3.06. The Kier molecular flexibility index (Phi) is 4.41. The molecule has 26 heavy (non-hydrogen) atoms. The van der Waals surface area contributed by atoms with Gasteiger partial charge in [-0.15, -0.1) is 0 Å². The van der Waals surface area contributed by atoms with E-state index >= 15 is 0 Å². The minimum absolute atomic E-state index is 0.0438. The van der Waals surface area contributed by atoms with Gasteiger partial charge in [0.05, 0.1) is 5.39 Å². The Morgan fingerprint density at radius 2 is 2.15 bits per heavy atom. The third-order valence-electron chi connectivity index (χ3n) is 6.67. The SMILES string of the molecule is CCC1CC(N(C)CC2CCC(O)(n3ccc4c(N)ncnc43)C2O)C1. The third-order valence-corrected chi connectivity index (χ3v) is 6.67. The highest BCUT2D eigenvalue weighted by molar-refractivity contribution is 5.86. The number of anilines is 1. The molecule has 7 heteroatoms. The quantitative estimate of drug-likeness (QED) is 0.749. The van der Waals surface area contributed by atoms with E-state index in [1.807, 2.05) is 0 Å². The maximum Gasteiger partial charge on any atom is 0.169 e. The van der Waals surface area contributed by atoms with Crippen LogP contribution in [0.3, 0.4) is 0 Å².